The van der Waals surface area contributed by atoms with Crippen LogP contribution in [0.3, 0.4) is 0 Å². The van der Waals surface area contributed by atoms with Crippen molar-refractivity contribution in [3.63, 3.8) is 0 Å². The van der Waals surface area contributed by atoms with Crippen LogP contribution in [-0.2, 0) is 16.6 Å². The summed E-state index contributed by atoms with van der Waals surface area (Å²) in [6, 6.07) is 5.18. The van der Waals surface area contributed by atoms with Crippen LogP contribution in [0.15, 0.2) is 33.7 Å². The van der Waals surface area contributed by atoms with E-state index in [4.69, 9.17) is 22.5 Å². The molecule has 0 saturated carbocycles. The van der Waals surface area contributed by atoms with E-state index in [0.717, 1.165) is 6.07 Å². The fourth-order valence-electron chi connectivity index (χ4n) is 1.72. The zero-order valence-electron chi connectivity index (χ0n) is 11.0. The fraction of sp³-hybridized carbons (Fsp3) is 0.167. The number of benzene rings is 1. The van der Waals surface area contributed by atoms with E-state index >= 15 is 0 Å². The fourth-order valence-corrected chi connectivity index (χ4v) is 3.21. The monoisotopic (exact) mass is 329 g/mol. The second kappa shape index (κ2) is 5.88. The lowest BCUT2D eigenvalue weighted by Crippen LogP contribution is -2.27. The van der Waals surface area contributed by atoms with Gasteiger partial charge in [-0.2, -0.15) is 0 Å². The molecule has 0 saturated heterocycles. The second-order valence-corrected chi connectivity index (χ2v) is 6.41. The third-order valence-corrected chi connectivity index (χ3v) is 4.28. The van der Waals surface area contributed by atoms with Crippen LogP contribution in [0.1, 0.15) is 17.0 Å². The number of hydrogen-bond donors (Lipinski definition) is 2. The van der Waals surface area contributed by atoms with Gasteiger partial charge in [-0.3, -0.25) is 0 Å². The first-order valence-electron chi connectivity index (χ1n) is 5.81. The summed E-state index contributed by atoms with van der Waals surface area (Å²) >= 11 is 4.71. The highest BCUT2D eigenvalue weighted by molar-refractivity contribution is 7.89. The molecule has 1 heterocycles. The summed E-state index contributed by atoms with van der Waals surface area (Å²) < 4.78 is 45.3. The molecule has 0 aliphatic carbocycles. The van der Waals surface area contributed by atoms with E-state index in [9.17, 15) is 12.8 Å². The summed E-state index contributed by atoms with van der Waals surface area (Å²) in [6.45, 7) is 1.59. The van der Waals surface area contributed by atoms with Gasteiger partial charge in [0.1, 0.15) is 16.6 Å². The first kappa shape index (κ1) is 15.5. The molecule has 0 bridgehead atoms. The van der Waals surface area contributed by atoms with Gasteiger partial charge >= 0.3 is 0 Å². The molecule has 0 aliphatic rings. The second-order valence-electron chi connectivity index (χ2n) is 4.23. The molecule has 6 nitrogen and oxygen atoms in total. The zero-order chi connectivity index (χ0) is 15.6. The number of hydrogen-bond acceptors (Lipinski definition) is 5. The van der Waals surface area contributed by atoms with Crippen molar-refractivity contribution >= 4 is 27.2 Å². The molecule has 2 rings (SSSR count). The first-order chi connectivity index (χ1) is 9.81. The summed E-state index contributed by atoms with van der Waals surface area (Å²) in [6.07, 6.45) is 0. The Morgan fingerprint density at radius 2 is 2.24 bits per heavy atom. The molecule has 0 atom stereocenters. The van der Waals surface area contributed by atoms with Crippen LogP contribution in [0, 0.1) is 12.7 Å². The molecular formula is C12H12FN3O3S2. The van der Waals surface area contributed by atoms with Crippen LogP contribution in [-0.4, -0.2) is 18.6 Å². The molecule has 0 radical (unpaired) electrons. The van der Waals surface area contributed by atoms with Gasteiger partial charge in [0.05, 0.1) is 22.7 Å². The van der Waals surface area contributed by atoms with E-state index in [2.05, 4.69) is 9.88 Å². The summed E-state index contributed by atoms with van der Waals surface area (Å²) in [7, 11) is -3.99. The Balaban J connectivity index is 2.32. The molecule has 1 aromatic heterocycles. The van der Waals surface area contributed by atoms with Crippen LogP contribution in [0.4, 0.5) is 4.39 Å². The number of nitrogens with two attached hydrogens (primary N) is 1. The predicted octanol–water partition coefficient (Wildman–Crippen LogP) is 1.23. The lowest BCUT2D eigenvalue weighted by Gasteiger charge is -2.10. The number of sulfonamides is 1. The Kier molecular flexibility index (Phi) is 4.35. The number of aryl methyl sites for hydroxylation is 1. The molecule has 112 valence electrons. The van der Waals surface area contributed by atoms with E-state index in [-0.39, 0.29) is 22.0 Å². The minimum atomic E-state index is -3.99. The molecule has 0 fully saturated rings. The van der Waals surface area contributed by atoms with Gasteiger partial charge in [0.2, 0.25) is 10.0 Å². The zero-order valence-corrected chi connectivity index (χ0v) is 12.6. The molecule has 21 heavy (non-hydrogen) atoms. The van der Waals surface area contributed by atoms with Crippen molar-refractivity contribution in [2.24, 2.45) is 5.73 Å². The Morgan fingerprint density at radius 3 is 2.81 bits per heavy atom. The van der Waals surface area contributed by atoms with Crippen molar-refractivity contribution in [3.05, 3.63) is 47.1 Å². The van der Waals surface area contributed by atoms with E-state index in [1.165, 1.54) is 12.1 Å². The maximum Gasteiger partial charge on any atom is 0.241 e. The third-order valence-electron chi connectivity index (χ3n) is 2.63. The van der Waals surface area contributed by atoms with Gasteiger partial charge in [-0.15, -0.1) is 0 Å². The topological polar surface area (TPSA) is 98.2 Å². The van der Waals surface area contributed by atoms with Gasteiger partial charge in [-0.1, -0.05) is 23.4 Å². The highest BCUT2D eigenvalue weighted by Crippen LogP contribution is 2.19. The van der Waals surface area contributed by atoms with Crippen LogP contribution >= 0.6 is 12.2 Å². The molecular weight excluding hydrogens is 317 g/mol. The third kappa shape index (κ3) is 3.43. The van der Waals surface area contributed by atoms with Crippen molar-refractivity contribution < 1.29 is 17.3 Å². The average Bonchev–Trinajstić information content (AvgIpc) is 2.82. The maximum absolute atomic E-state index is 13.7. The minimum absolute atomic E-state index is 0.0903. The van der Waals surface area contributed by atoms with Gasteiger partial charge in [-0.25, -0.2) is 17.5 Å². The number of halogens is 1. The molecule has 9 heteroatoms. The smallest absolute Gasteiger partial charge is 0.241 e. The summed E-state index contributed by atoms with van der Waals surface area (Å²) in [5, 5.41) is 3.66. The molecule has 0 spiro atoms. The summed E-state index contributed by atoms with van der Waals surface area (Å²) in [4.78, 5) is -0.638. The molecule has 3 N–H and O–H groups in total. The molecule has 0 unspecified atom stereocenters. The Bertz CT molecular complexity index is 787. The first-order valence-corrected chi connectivity index (χ1v) is 7.70. The van der Waals surface area contributed by atoms with Gasteiger partial charge in [0, 0.05) is 6.07 Å². The Morgan fingerprint density at radius 1 is 1.52 bits per heavy atom. The van der Waals surface area contributed by atoms with Crippen molar-refractivity contribution in [3.8, 4) is 0 Å². The van der Waals surface area contributed by atoms with Gasteiger partial charge < -0.3 is 10.3 Å². The number of nitrogens with zero attached hydrogens (tertiary/aromatic N) is 1. The maximum atomic E-state index is 13.7. The van der Waals surface area contributed by atoms with E-state index in [1.807, 2.05) is 0 Å². The van der Waals surface area contributed by atoms with Gasteiger partial charge in [0.25, 0.3) is 0 Å². The highest BCUT2D eigenvalue weighted by atomic mass is 32.2. The van der Waals surface area contributed by atoms with E-state index < -0.39 is 15.8 Å². The standard InChI is InChI=1S/C12H12FN3O3S2/c1-7-5-8(16-19-7)6-15-21(17,18)10-4-2-3-9(13)11(10)12(14)20/h2-5,15H,6H2,1H3,(H2,14,20). The number of rotatable bonds is 5. The summed E-state index contributed by atoms with van der Waals surface area (Å²) in [5.74, 6) is -0.235. The van der Waals surface area contributed by atoms with Gasteiger partial charge in [-0.05, 0) is 19.1 Å². The molecule has 0 amide bonds. The predicted molar refractivity (Wildman–Crippen MR) is 77.6 cm³/mol. The molecule has 2 aromatic rings. The quantitative estimate of drug-likeness (QED) is 0.801. The number of thiocarbonyl (C=S) groups is 1. The van der Waals surface area contributed by atoms with Crippen LogP contribution in [0.25, 0.3) is 0 Å². The van der Waals surface area contributed by atoms with Crippen LogP contribution in [0.2, 0.25) is 0 Å². The van der Waals surface area contributed by atoms with Crippen LogP contribution < -0.4 is 10.5 Å². The average molecular weight is 329 g/mol. The lowest BCUT2D eigenvalue weighted by molar-refractivity contribution is 0.390. The van der Waals surface area contributed by atoms with Crippen LogP contribution in [0.5, 0.6) is 0 Å². The largest absolute Gasteiger partial charge is 0.389 e. The minimum Gasteiger partial charge on any atom is -0.389 e. The lowest BCUT2D eigenvalue weighted by atomic mass is 10.2. The molecule has 0 aliphatic heterocycles. The van der Waals surface area contributed by atoms with E-state index in [1.54, 1.807) is 13.0 Å². The molecule has 1 aromatic carbocycles. The summed E-state index contributed by atoms with van der Waals surface area (Å²) in [5.41, 5.74) is 5.49. The number of nitrogens with one attached hydrogen (secondary N) is 1. The normalized spacial score (nSPS) is 11.5. The van der Waals surface area contributed by atoms with E-state index in [0.29, 0.717) is 11.5 Å². The SMILES string of the molecule is Cc1cc(CNS(=O)(=O)c2cccc(F)c2C(N)=S)no1. The van der Waals surface area contributed by atoms with Crippen molar-refractivity contribution in [2.75, 3.05) is 0 Å². The Labute approximate surface area is 126 Å². The van der Waals surface area contributed by atoms with Crippen molar-refractivity contribution in [1.82, 2.24) is 9.88 Å². The Hall–Kier alpha value is -1.84. The van der Waals surface area contributed by atoms with Crippen molar-refractivity contribution in [2.45, 2.75) is 18.4 Å². The highest BCUT2D eigenvalue weighted by Gasteiger charge is 2.22. The van der Waals surface area contributed by atoms with Gasteiger partial charge in [0.15, 0.2) is 0 Å². The number of aromatic nitrogens is 1. The van der Waals surface area contributed by atoms with Crippen molar-refractivity contribution in [1.29, 1.82) is 0 Å².